The number of carbonyl (C=O) groups excluding carboxylic acids is 1. The molecule has 1 amide bonds. The predicted molar refractivity (Wildman–Crippen MR) is 65.0 cm³/mol. The average molecular weight is 267 g/mol. The van der Waals surface area contributed by atoms with E-state index < -0.39 is 0 Å². The molecule has 0 heterocycles. The van der Waals surface area contributed by atoms with Crippen LogP contribution in [0.4, 0.5) is 5.69 Å². The Kier molecular flexibility index (Phi) is 4.71. The summed E-state index contributed by atoms with van der Waals surface area (Å²) < 4.78 is 0. The smallest absolute Gasteiger partial charge is 0.224 e. The Morgan fingerprint density at radius 1 is 1.27 bits per heavy atom. The molecule has 0 radical (unpaired) electrons. The van der Waals surface area contributed by atoms with Crippen molar-refractivity contribution < 1.29 is 4.79 Å². The van der Waals surface area contributed by atoms with Gasteiger partial charge in [0.05, 0.1) is 15.7 Å². The Labute approximate surface area is 104 Å². The first-order valence-electron chi connectivity index (χ1n) is 4.49. The second-order valence-electron chi connectivity index (χ2n) is 3.04. The molecule has 82 valence electrons. The molecule has 1 aromatic rings. The molecule has 0 unspecified atom stereocenters. The third-order valence-corrected chi connectivity index (χ3v) is 2.56. The fraction of sp³-hybridized carbons (Fsp3) is 0.300. The maximum Gasteiger partial charge on any atom is 0.224 e. The molecule has 15 heavy (non-hydrogen) atoms. The molecule has 0 spiro atoms. The second-order valence-corrected chi connectivity index (χ2v) is 4.29. The molecule has 0 saturated heterocycles. The third-order valence-electron chi connectivity index (χ3n) is 1.75. The molecule has 0 atom stereocenters. The van der Waals surface area contributed by atoms with Crippen molar-refractivity contribution >= 4 is 46.4 Å². The number of hydrogen-bond donors (Lipinski definition) is 1. The highest BCUT2D eigenvalue weighted by Gasteiger charge is 2.10. The zero-order valence-electron chi connectivity index (χ0n) is 8.11. The van der Waals surface area contributed by atoms with E-state index in [-0.39, 0.29) is 5.91 Å². The van der Waals surface area contributed by atoms with Crippen LogP contribution in [0.5, 0.6) is 0 Å². The lowest BCUT2D eigenvalue weighted by Gasteiger charge is -2.09. The van der Waals surface area contributed by atoms with Gasteiger partial charge in [-0.05, 0) is 18.6 Å². The van der Waals surface area contributed by atoms with Crippen LogP contribution in [0.15, 0.2) is 12.1 Å². The molecule has 0 fully saturated rings. The van der Waals surface area contributed by atoms with Crippen molar-refractivity contribution in [3.8, 4) is 0 Å². The van der Waals surface area contributed by atoms with Crippen molar-refractivity contribution in [2.45, 2.75) is 19.8 Å². The van der Waals surface area contributed by atoms with Gasteiger partial charge in [-0.3, -0.25) is 4.79 Å². The molecule has 0 bridgehead atoms. The minimum Gasteiger partial charge on any atom is -0.324 e. The summed E-state index contributed by atoms with van der Waals surface area (Å²) in [5.74, 6) is -0.108. The number of halogens is 3. The molecule has 0 aromatic heterocycles. The van der Waals surface area contributed by atoms with Gasteiger partial charge in [0.1, 0.15) is 0 Å². The number of rotatable bonds is 3. The van der Waals surface area contributed by atoms with Gasteiger partial charge in [-0.15, -0.1) is 0 Å². The second kappa shape index (κ2) is 5.59. The Balaban J connectivity index is 2.90. The van der Waals surface area contributed by atoms with E-state index in [1.165, 1.54) is 12.1 Å². The monoisotopic (exact) mass is 265 g/mol. The van der Waals surface area contributed by atoms with E-state index >= 15 is 0 Å². The summed E-state index contributed by atoms with van der Waals surface area (Å²) >= 11 is 17.5. The fourth-order valence-electron chi connectivity index (χ4n) is 1.09. The van der Waals surface area contributed by atoms with E-state index in [2.05, 4.69) is 5.32 Å². The summed E-state index contributed by atoms with van der Waals surface area (Å²) in [4.78, 5) is 11.3. The van der Waals surface area contributed by atoms with Crippen LogP contribution in [0, 0.1) is 0 Å². The van der Waals surface area contributed by atoms with Crippen LogP contribution in [0.25, 0.3) is 0 Å². The first-order valence-corrected chi connectivity index (χ1v) is 5.62. The Bertz CT molecular complexity index is 356. The molecule has 1 aromatic carbocycles. The highest BCUT2D eigenvalue weighted by molar-refractivity contribution is 6.42. The van der Waals surface area contributed by atoms with Gasteiger partial charge in [0.25, 0.3) is 0 Å². The number of amides is 1. The van der Waals surface area contributed by atoms with Crippen LogP contribution >= 0.6 is 34.8 Å². The number of hydrogen-bond acceptors (Lipinski definition) is 1. The summed E-state index contributed by atoms with van der Waals surface area (Å²) in [6.45, 7) is 1.92. The molecule has 5 heteroatoms. The van der Waals surface area contributed by atoms with E-state index in [4.69, 9.17) is 34.8 Å². The van der Waals surface area contributed by atoms with E-state index in [0.717, 1.165) is 6.42 Å². The van der Waals surface area contributed by atoms with E-state index in [1.54, 1.807) is 0 Å². The summed E-state index contributed by atoms with van der Waals surface area (Å²) in [7, 11) is 0. The molecule has 0 aliphatic heterocycles. The number of anilines is 1. The van der Waals surface area contributed by atoms with Gasteiger partial charge in [0.15, 0.2) is 0 Å². The van der Waals surface area contributed by atoms with Crippen LogP contribution in [-0.2, 0) is 4.79 Å². The normalized spacial score (nSPS) is 10.1. The molecular formula is C10H10Cl3NO. The van der Waals surface area contributed by atoms with Crippen molar-refractivity contribution in [2.75, 3.05) is 5.32 Å². The van der Waals surface area contributed by atoms with Gasteiger partial charge < -0.3 is 5.32 Å². The van der Waals surface area contributed by atoms with Gasteiger partial charge in [-0.25, -0.2) is 0 Å². The van der Waals surface area contributed by atoms with Crippen LogP contribution in [0.3, 0.4) is 0 Å². The first kappa shape index (κ1) is 12.6. The molecule has 0 aliphatic carbocycles. The lowest BCUT2D eigenvalue weighted by molar-refractivity contribution is -0.116. The summed E-state index contributed by atoms with van der Waals surface area (Å²) in [6, 6.07) is 3.08. The van der Waals surface area contributed by atoms with Gasteiger partial charge in [-0.1, -0.05) is 41.7 Å². The lowest BCUT2D eigenvalue weighted by atomic mass is 10.3. The summed E-state index contributed by atoms with van der Waals surface area (Å²) in [5, 5.41) is 3.78. The average Bonchev–Trinajstić information content (AvgIpc) is 2.11. The number of carbonyl (C=O) groups is 1. The van der Waals surface area contributed by atoms with Crippen molar-refractivity contribution in [3.05, 3.63) is 27.2 Å². The Morgan fingerprint density at radius 3 is 2.27 bits per heavy atom. The maximum atomic E-state index is 11.3. The van der Waals surface area contributed by atoms with E-state index in [1.807, 2.05) is 6.92 Å². The molecular weight excluding hydrogens is 256 g/mol. The number of nitrogens with one attached hydrogen (secondary N) is 1. The standard InChI is InChI=1S/C10H10Cl3NO/c1-2-3-9(15)14-10-7(12)4-6(11)5-8(10)13/h4-5H,2-3H2,1H3,(H,14,15). The topological polar surface area (TPSA) is 29.1 Å². The molecule has 1 N–H and O–H groups in total. The van der Waals surface area contributed by atoms with Gasteiger partial charge in [0, 0.05) is 11.4 Å². The van der Waals surface area contributed by atoms with Crippen molar-refractivity contribution in [1.29, 1.82) is 0 Å². The zero-order chi connectivity index (χ0) is 11.4. The predicted octanol–water partition coefficient (Wildman–Crippen LogP) is 4.39. The molecule has 0 aliphatic rings. The molecule has 0 saturated carbocycles. The lowest BCUT2D eigenvalue weighted by Crippen LogP contribution is -2.11. The van der Waals surface area contributed by atoms with E-state index in [9.17, 15) is 4.79 Å². The SMILES string of the molecule is CCCC(=O)Nc1c(Cl)cc(Cl)cc1Cl. The van der Waals surface area contributed by atoms with Gasteiger partial charge in [0.2, 0.25) is 5.91 Å². The fourth-order valence-corrected chi connectivity index (χ4v) is 2.00. The summed E-state index contributed by atoms with van der Waals surface area (Å²) in [6.07, 6.45) is 1.21. The molecule has 1 rings (SSSR count). The van der Waals surface area contributed by atoms with Crippen LogP contribution in [-0.4, -0.2) is 5.91 Å². The van der Waals surface area contributed by atoms with Crippen LogP contribution in [0.2, 0.25) is 15.1 Å². The van der Waals surface area contributed by atoms with Crippen LogP contribution < -0.4 is 5.32 Å². The summed E-state index contributed by atoms with van der Waals surface area (Å²) in [5.41, 5.74) is 0.418. The van der Waals surface area contributed by atoms with Crippen molar-refractivity contribution in [1.82, 2.24) is 0 Å². The minimum atomic E-state index is -0.108. The largest absolute Gasteiger partial charge is 0.324 e. The third kappa shape index (κ3) is 3.56. The van der Waals surface area contributed by atoms with Gasteiger partial charge >= 0.3 is 0 Å². The van der Waals surface area contributed by atoms with Crippen molar-refractivity contribution in [2.24, 2.45) is 0 Å². The Hall–Kier alpha value is -0.440. The van der Waals surface area contributed by atoms with Gasteiger partial charge in [-0.2, -0.15) is 0 Å². The molecule has 2 nitrogen and oxygen atoms in total. The van der Waals surface area contributed by atoms with Crippen LogP contribution in [0.1, 0.15) is 19.8 Å². The maximum absolute atomic E-state index is 11.3. The first-order chi connectivity index (χ1) is 7.04. The Morgan fingerprint density at radius 2 is 1.80 bits per heavy atom. The van der Waals surface area contributed by atoms with E-state index in [0.29, 0.717) is 27.2 Å². The zero-order valence-corrected chi connectivity index (χ0v) is 10.4. The highest BCUT2D eigenvalue weighted by atomic mass is 35.5. The minimum absolute atomic E-state index is 0.108. The highest BCUT2D eigenvalue weighted by Crippen LogP contribution is 2.33. The quantitative estimate of drug-likeness (QED) is 0.864. The van der Waals surface area contributed by atoms with Crippen molar-refractivity contribution in [3.63, 3.8) is 0 Å². The number of benzene rings is 1.